The maximum Gasteiger partial charge on any atom is 0.252 e. The highest BCUT2D eigenvalue weighted by molar-refractivity contribution is 7.91. The summed E-state index contributed by atoms with van der Waals surface area (Å²) in [6, 6.07) is 5.09. The molecule has 0 unspecified atom stereocenters. The number of thiophene rings is 1. The highest BCUT2D eigenvalue weighted by Crippen LogP contribution is 2.30. The van der Waals surface area contributed by atoms with E-state index in [1.54, 1.807) is 36.0 Å². The molecule has 4 heterocycles. The molecule has 0 radical (unpaired) electrons. The van der Waals surface area contributed by atoms with Crippen molar-refractivity contribution in [3.63, 3.8) is 0 Å². The third-order valence-corrected chi connectivity index (χ3v) is 7.28. The van der Waals surface area contributed by atoms with Gasteiger partial charge in [0.05, 0.1) is 6.20 Å². The number of nitrogens with zero attached hydrogens (tertiary/aromatic N) is 5. The first kappa shape index (κ1) is 16.2. The Hall–Kier alpha value is -2.30. The van der Waals surface area contributed by atoms with Crippen LogP contribution >= 0.6 is 11.3 Å². The molecule has 0 atom stereocenters. The normalized spacial score (nSPS) is 16.2. The van der Waals surface area contributed by atoms with Crippen molar-refractivity contribution in [3.05, 3.63) is 42.2 Å². The Labute approximate surface area is 148 Å². The Morgan fingerprint density at radius 2 is 1.84 bits per heavy atom. The smallest absolute Gasteiger partial charge is 0.252 e. The summed E-state index contributed by atoms with van der Waals surface area (Å²) >= 11 is 1.19. The van der Waals surface area contributed by atoms with Crippen molar-refractivity contribution in [3.8, 4) is 11.3 Å². The van der Waals surface area contributed by atoms with Gasteiger partial charge in [-0.25, -0.2) is 18.4 Å². The van der Waals surface area contributed by atoms with E-state index in [1.807, 2.05) is 4.90 Å². The lowest BCUT2D eigenvalue weighted by Crippen LogP contribution is -2.49. The van der Waals surface area contributed by atoms with Crippen LogP contribution in [0, 0.1) is 0 Å². The first-order chi connectivity index (χ1) is 12.1. The summed E-state index contributed by atoms with van der Waals surface area (Å²) in [6.45, 7) is 1.92. The first-order valence-corrected chi connectivity index (χ1v) is 9.98. The molecule has 0 amide bonds. The molecule has 1 aliphatic rings. The molecule has 1 saturated heterocycles. The number of hydrogen-bond donors (Lipinski definition) is 0. The molecule has 0 N–H and O–H groups in total. The third-order valence-electron chi connectivity index (χ3n) is 3.97. The summed E-state index contributed by atoms with van der Waals surface area (Å²) in [5, 5.41) is 5.41. The average Bonchev–Trinajstić information content (AvgIpc) is 3.34. The number of piperazine rings is 1. The number of sulfonamides is 1. The predicted octanol–water partition coefficient (Wildman–Crippen LogP) is 1.70. The van der Waals surface area contributed by atoms with Crippen LogP contribution in [0.2, 0.25) is 0 Å². The van der Waals surface area contributed by atoms with Crippen LogP contribution in [0.15, 0.2) is 50.9 Å². The maximum atomic E-state index is 12.9. The quantitative estimate of drug-likeness (QED) is 0.683. The minimum absolute atomic E-state index is 0.309. The van der Waals surface area contributed by atoms with E-state index in [1.165, 1.54) is 21.8 Å². The number of anilines is 1. The van der Waals surface area contributed by atoms with E-state index in [0.29, 0.717) is 42.1 Å². The van der Waals surface area contributed by atoms with E-state index in [4.69, 9.17) is 4.52 Å². The molecule has 3 aromatic heterocycles. The summed E-state index contributed by atoms with van der Waals surface area (Å²) < 4.78 is 32.6. The highest BCUT2D eigenvalue weighted by Gasteiger charge is 2.30. The highest BCUT2D eigenvalue weighted by atomic mass is 32.2. The van der Waals surface area contributed by atoms with Gasteiger partial charge in [0.2, 0.25) is 5.95 Å². The SMILES string of the molecule is O=S(=O)(c1cc(-c2ccno2)cs1)N1CCN(c2ncccn2)CC1. The third kappa shape index (κ3) is 3.15. The molecular formula is C15H15N5O3S2. The van der Waals surface area contributed by atoms with Gasteiger partial charge < -0.3 is 9.42 Å². The Balaban J connectivity index is 1.49. The lowest BCUT2D eigenvalue weighted by Gasteiger charge is -2.33. The minimum atomic E-state index is -3.52. The van der Waals surface area contributed by atoms with Crippen LogP contribution in [-0.4, -0.2) is 54.0 Å². The van der Waals surface area contributed by atoms with Crippen molar-refractivity contribution in [1.29, 1.82) is 0 Å². The number of rotatable bonds is 4. The zero-order valence-electron chi connectivity index (χ0n) is 13.1. The fourth-order valence-electron chi connectivity index (χ4n) is 2.66. The summed E-state index contributed by atoms with van der Waals surface area (Å²) in [5.41, 5.74) is 0.720. The molecular weight excluding hydrogens is 362 g/mol. The second-order valence-corrected chi connectivity index (χ2v) is 8.55. The van der Waals surface area contributed by atoms with Gasteiger partial charge in [-0.1, -0.05) is 5.16 Å². The van der Waals surface area contributed by atoms with Crippen LogP contribution in [0.1, 0.15) is 0 Å². The fourth-order valence-corrected chi connectivity index (χ4v) is 5.40. The Bertz CT molecular complexity index is 933. The topological polar surface area (TPSA) is 92.4 Å². The van der Waals surface area contributed by atoms with Crippen molar-refractivity contribution in [2.24, 2.45) is 0 Å². The molecule has 10 heteroatoms. The molecule has 4 rings (SSSR count). The second kappa shape index (κ2) is 6.54. The fraction of sp³-hybridized carbons (Fsp3) is 0.267. The van der Waals surface area contributed by atoms with E-state index < -0.39 is 10.0 Å². The van der Waals surface area contributed by atoms with Gasteiger partial charge in [0.25, 0.3) is 10.0 Å². The van der Waals surface area contributed by atoms with Gasteiger partial charge in [0, 0.05) is 55.6 Å². The van der Waals surface area contributed by atoms with Crippen LogP contribution in [0.4, 0.5) is 5.95 Å². The summed E-state index contributed by atoms with van der Waals surface area (Å²) in [5.74, 6) is 1.19. The molecule has 25 heavy (non-hydrogen) atoms. The van der Waals surface area contributed by atoms with Gasteiger partial charge >= 0.3 is 0 Å². The molecule has 0 bridgehead atoms. The number of aromatic nitrogens is 3. The van der Waals surface area contributed by atoms with Gasteiger partial charge in [-0.05, 0) is 12.1 Å². The minimum Gasteiger partial charge on any atom is -0.356 e. The molecule has 1 fully saturated rings. The van der Waals surface area contributed by atoms with E-state index in [9.17, 15) is 8.42 Å². The van der Waals surface area contributed by atoms with E-state index >= 15 is 0 Å². The Morgan fingerprint density at radius 1 is 1.08 bits per heavy atom. The van der Waals surface area contributed by atoms with Gasteiger partial charge in [0.1, 0.15) is 4.21 Å². The van der Waals surface area contributed by atoms with Crippen molar-refractivity contribution in [2.75, 3.05) is 31.1 Å². The van der Waals surface area contributed by atoms with Crippen molar-refractivity contribution in [2.45, 2.75) is 4.21 Å². The molecule has 130 valence electrons. The summed E-state index contributed by atoms with van der Waals surface area (Å²) in [4.78, 5) is 10.4. The molecule has 8 nitrogen and oxygen atoms in total. The largest absolute Gasteiger partial charge is 0.356 e. The first-order valence-electron chi connectivity index (χ1n) is 7.66. The second-order valence-electron chi connectivity index (χ2n) is 5.47. The molecule has 0 aliphatic carbocycles. The molecule has 3 aromatic rings. The van der Waals surface area contributed by atoms with Crippen LogP contribution < -0.4 is 4.90 Å². The Morgan fingerprint density at radius 3 is 2.52 bits per heavy atom. The van der Waals surface area contributed by atoms with E-state index in [2.05, 4.69) is 15.1 Å². The molecule has 1 aliphatic heterocycles. The van der Waals surface area contributed by atoms with Crippen molar-refractivity contribution in [1.82, 2.24) is 19.4 Å². The van der Waals surface area contributed by atoms with E-state index in [0.717, 1.165) is 5.56 Å². The zero-order chi connectivity index (χ0) is 17.3. The Kier molecular flexibility index (Phi) is 4.24. The van der Waals surface area contributed by atoms with Gasteiger partial charge in [0.15, 0.2) is 5.76 Å². The van der Waals surface area contributed by atoms with Gasteiger partial charge in [-0.3, -0.25) is 0 Å². The molecule has 0 saturated carbocycles. The zero-order valence-corrected chi connectivity index (χ0v) is 14.8. The van der Waals surface area contributed by atoms with Crippen LogP contribution in [0.5, 0.6) is 0 Å². The van der Waals surface area contributed by atoms with Crippen LogP contribution in [0.25, 0.3) is 11.3 Å². The predicted molar refractivity (Wildman–Crippen MR) is 92.8 cm³/mol. The van der Waals surface area contributed by atoms with Crippen LogP contribution in [-0.2, 0) is 10.0 Å². The maximum absolute atomic E-state index is 12.9. The van der Waals surface area contributed by atoms with Gasteiger partial charge in [-0.15, -0.1) is 11.3 Å². The average molecular weight is 377 g/mol. The summed E-state index contributed by atoms with van der Waals surface area (Å²) in [6.07, 6.45) is 4.90. The van der Waals surface area contributed by atoms with Crippen molar-refractivity contribution >= 4 is 27.3 Å². The van der Waals surface area contributed by atoms with Gasteiger partial charge in [-0.2, -0.15) is 4.31 Å². The van der Waals surface area contributed by atoms with Crippen molar-refractivity contribution < 1.29 is 12.9 Å². The molecule has 0 spiro atoms. The lowest BCUT2D eigenvalue weighted by molar-refractivity contribution is 0.383. The standard InChI is InChI=1S/C15H15N5O3S2/c21-25(22,14-10-12(11-24-14)13-2-5-18-23-13)20-8-6-19(7-9-20)15-16-3-1-4-17-15/h1-5,10-11H,6-9H2. The molecule has 0 aromatic carbocycles. The van der Waals surface area contributed by atoms with Crippen LogP contribution in [0.3, 0.4) is 0 Å². The monoisotopic (exact) mass is 377 g/mol. The summed E-state index contributed by atoms with van der Waals surface area (Å²) in [7, 11) is -3.52. The van der Waals surface area contributed by atoms with E-state index in [-0.39, 0.29) is 0 Å². The number of hydrogen-bond acceptors (Lipinski definition) is 8. The lowest BCUT2D eigenvalue weighted by atomic mass is 10.3.